The van der Waals surface area contributed by atoms with Crippen LogP contribution < -0.4 is 15.8 Å². The number of sulfone groups is 1. The zero-order valence-electron chi connectivity index (χ0n) is 19.3. The monoisotopic (exact) mass is 493 g/mol. The van der Waals surface area contributed by atoms with Crippen molar-refractivity contribution >= 4 is 21.7 Å². The van der Waals surface area contributed by atoms with Crippen LogP contribution in [0.5, 0.6) is 5.88 Å². The van der Waals surface area contributed by atoms with Gasteiger partial charge in [0.05, 0.1) is 4.90 Å². The van der Waals surface area contributed by atoms with Crippen LogP contribution in [-0.4, -0.2) is 43.6 Å². The van der Waals surface area contributed by atoms with E-state index < -0.39 is 15.7 Å². The van der Waals surface area contributed by atoms with Gasteiger partial charge in [0.1, 0.15) is 11.7 Å². The fourth-order valence-corrected chi connectivity index (χ4v) is 4.84. The molecule has 0 atom stereocenters. The molecule has 1 heterocycles. The van der Waals surface area contributed by atoms with Crippen LogP contribution in [0.3, 0.4) is 0 Å². The van der Waals surface area contributed by atoms with E-state index in [1.165, 1.54) is 6.26 Å². The minimum absolute atomic E-state index is 0.00101. The Morgan fingerprint density at radius 2 is 1.66 bits per heavy atom. The second kappa shape index (κ2) is 10.3. The highest BCUT2D eigenvalue weighted by molar-refractivity contribution is 7.90. The van der Waals surface area contributed by atoms with Crippen molar-refractivity contribution in [3.63, 3.8) is 0 Å². The zero-order valence-corrected chi connectivity index (χ0v) is 20.1. The third-order valence-electron chi connectivity index (χ3n) is 6.04. The molecule has 0 aliphatic heterocycles. The van der Waals surface area contributed by atoms with Gasteiger partial charge in [-0.25, -0.2) is 13.4 Å². The smallest absolute Gasteiger partial charge is 0.254 e. The molecule has 9 heteroatoms. The van der Waals surface area contributed by atoms with Gasteiger partial charge in [0.2, 0.25) is 5.88 Å². The average molecular weight is 494 g/mol. The van der Waals surface area contributed by atoms with Gasteiger partial charge in [-0.05, 0) is 73.2 Å². The van der Waals surface area contributed by atoms with Crippen molar-refractivity contribution in [1.82, 2.24) is 10.3 Å². The van der Waals surface area contributed by atoms with Gasteiger partial charge in [0.15, 0.2) is 9.84 Å². The summed E-state index contributed by atoms with van der Waals surface area (Å²) in [7, 11) is -3.33. The first kappa shape index (κ1) is 24.4. The van der Waals surface area contributed by atoms with Crippen LogP contribution in [0.15, 0.2) is 71.8 Å². The van der Waals surface area contributed by atoms with E-state index in [9.17, 15) is 18.0 Å². The summed E-state index contributed by atoms with van der Waals surface area (Å²) in [6.45, 7) is 0. The predicted molar refractivity (Wildman–Crippen MR) is 132 cm³/mol. The van der Waals surface area contributed by atoms with E-state index in [-0.39, 0.29) is 34.4 Å². The van der Waals surface area contributed by atoms with E-state index in [0.29, 0.717) is 18.4 Å². The number of nitrogens with zero attached hydrogens (tertiary/aromatic N) is 1. The van der Waals surface area contributed by atoms with Gasteiger partial charge in [-0.2, -0.15) is 0 Å². The molecule has 1 fully saturated rings. The van der Waals surface area contributed by atoms with Crippen LogP contribution in [-0.2, 0) is 9.84 Å². The molecule has 1 aromatic heterocycles. The Kier molecular flexibility index (Phi) is 7.16. The van der Waals surface area contributed by atoms with Gasteiger partial charge in [-0.1, -0.05) is 24.3 Å². The number of ether oxygens (including phenoxy) is 1. The number of nitrogens with one attached hydrogen (secondary N) is 1. The van der Waals surface area contributed by atoms with Crippen LogP contribution >= 0.6 is 0 Å². The van der Waals surface area contributed by atoms with Crippen molar-refractivity contribution in [2.45, 2.75) is 42.7 Å². The molecule has 1 saturated carbocycles. The van der Waals surface area contributed by atoms with E-state index in [0.717, 1.165) is 24.0 Å². The lowest BCUT2D eigenvalue weighted by Crippen LogP contribution is -2.39. The van der Waals surface area contributed by atoms with Crippen LogP contribution in [0.1, 0.15) is 46.4 Å². The molecular formula is C26H27N3O5S. The topological polar surface area (TPSA) is 128 Å². The highest BCUT2D eigenvalue weighted by Gasteiger charge is 2.25. The summed E-state index contributed by atoms with van der Waals surface area (Å²) in [6.07, 6.45) is 5.48. The molecule has 3 N–H and O–H groups in total. The normalized spacial score (nSPS) is 18.0. The molecule has 4 rings (SSSR count). The molecule has 0 bridgehead atoms. The lowest BCUT2D eigenvalue weighted by molar-refractivity contribution is 0.0881. The maximum absolute atomic E-state index is 12.9. The number of carbonyl (C=O) groups excluding carboxylic acids is 2. The lowest BCUT2D eigenvalue weighted by atomic mass is 9.92. The predicted octanol–water partition coefficient (Wildman–Crippen LogP) is 3.37. The molecule has 0 radical (unpaired) electrons. The summed E-state index contributed by atoms with van der Waals surface area (Å²) in [5, 5.41) is 3.08. The highest BCUT2D eigenvalue weighted by atomic mass is 32.2. The second-order valence-electron chi connectivity index (χ2n) is 8.67. The average Bonchev–Trinajstić information content (AvgIpc) is 2.85. The number of benzene rings is 2. The maximum Gasteiger partial charge on any atom is 0.254 e. The summed E-state index contributed by atoms with van der Waals surface area (Å²) in [4.78, 5) is 28.9. The Bertz CT molecular complexity index is 1350. The summed E-state index contributed by atoms with van der Waals surface area (Å²) in [5.41, 5.74) is 7.64. The SMILES string of the molecule is CS(=O)(=O)c1cccc(-c2cccc(C(=O)N[C@H]3CC[C@H](Oc4ncccc4C(N)=O)CC3)c2)c1. The summed E-state index contributed by atoms with van der Waals surface area (Å²) >= 11 is 0. The van der Waals surface area contributed by atoms with E-state index >= 15 is 0 Å². The van der Waals surface area contributed by atoms with Gasteiger partial charge in [0, 0.05) is 24.1 Å². The molecular weight excluding hydrogens is 466 g/mol. The van der Waals surface area contributed by atoms with Crippen LogP contribution in [0.25, 0.3) is 11.1 Å². The first-order chi connectivity index (χ1) is 16.7. The lowest BCUT2D eigenvalue weighted by Gasteiger charge is -2.29. The molecule has 1 aliphatic rings. The number of primary amides is 1. The Balaban J connectivity index is 1.37. The molecule has 3 aromatic rings. The number of hydrogen-bond acceptors (Lipinski definition) is 6. The van der Waals surface area contributed by atoms with Gasteiger partial charge in [0.25, 0.3) is 11.8 Å². The first-order valence-corrected chi connectivity index (χ1v) is 13.2. The largest absolute Gasteiger partial charge is 0.474 e. The molecule has 35 heavy (non-hydrogen) atoms. The Labute approximate surface area is 204 Å². The molecule has 182 valence electrons. The van der Waals surface area contributed by atoms with Crippen LogP contribution in [0.4, 0.5) is 0 Å². The van der Waals surface area contributed by atoms with Gasteiger partial charge < -0.3 is 15.8 Å². The first-order valence-electron chi connectivity index (χ1n) is 11.3. The van der Waals surface area contributed by atoms with E-state index in [4.69, 9.17) is 10.5 Å². The number of rotatable bonds is 7. The molecule has 2 aromatic carbocycles. The number of carbonyl (C=O) groups is 2. The third-order valence-corrected chi connectivity index (χ3v) is 7.15. The minimum atomic E-state index is -3.33. The molecule has 0 unspecified atom stereocenters. The molecule has 1 aliphatic carbocycles. The van der Waals surface area contributed by atoms with Crippen molar-refractivity contribution < 1.29 is 22.7 Å². The Morgan fingerprint density at radius 1 is 0.971 bits per heavy atom. The van der Waals surface area contributed by atoms with E-state index in [1.807, 2.05) is 12.1 Å². The fraction of sp³-hybridized carbons (Fsp3) is 0.269. The molecule has 0 saturated heterocycles. The summed E-state index contributed by atoms with van der Waals surface area (Å²) < 4.78 is 29.7. The fourth-order valence-electron chi connectivity index (χ4n) is 4.17. The van der Waals surface area contributed by atoms with Crippen molar-refractivity contribution in [3.8, 4) is 17.0 Å². The second-order valence-corrected chi connectivity index (χ2v) is 10.7. The van der Waals surface area contributed by atoms with Crippen LogP contribution in [0, 0.1) is 0 Å². The van der Waals surface area contributed by atoms with Crippen molar-refractivity contribution in [1.29, 1.82) is 0 Å². The molecule has 2 amide bonds. The van der Waals surface area contributed by atoms with E-state index in [1.54, 1.807) is 54.7 Å². The number of nitrogens with two attached hydrogens (primary N) is 1. The van der Waals surface area contributed by atoms with Crippen molar-refractivity contribution in [3.05, 3.63) is 78.0 Å². The van der Waals surface area contributed by atoms with E-state index in [2.05, 4.69) is 10.3 Å². The van der Waals surface area contributed by atoms with Gasteiger partial charge in [-0.15, -0.1) is 0 Å². The Morgan fingerprint density at radius 3 is 2.34 bits per heavy atom. The maximum atomic E-state index is 12.9. The number of hydrogen-bond donors (Lipinski definition) is 2. The number of aromatic nitrogens is 1. The minimum Gasteiger partial charge on any atom is -0.474 e. The zero-order chi connectivity index (χ0) is 25.0. The molecule has 8 nitrogen and oxygen atoms in total. The summed E-state index contributed by atoms with van der Waals surface area (Å²) in [5.74, 6) is -0.528. The van der Waals surface area contributed by atoms with Gasteiger partial charge >= 0.3 is 0 Å². The highest BCUT2D eigenvalue weighted by Crippen LogP contribution is 2.26. The summed E-state index contributed by atoms with van der Waals surface area (Å²) in [6, 6.07) is 17.0. The third kappa shape index (κ3) is 6.05. The van der Waals surface area contributed by atoms with Crippen molar-refractivity contribution in [2.24, 2.45) is 5.73 Å². The number of pyridine rings is 1. The van der Waals surface area contributed by atoms with Gasteiger partial charge in [-0.3, -0.25) is 9.59 Å². The number of amides is 2. The Hall–Kier alpha value is -3.72. The van der Waals surface area contributed by atoms with Crippen molar-refractivity contribution in [2.75, 3.05) is 6.26 Å². The quantitative estimate of drug-likeness (QED) is 0.519. The molecule has 0 spiro atoms. The van der Waals surface area contributed by atoms with Crippen LogP contribution in [0.2, 0.25) is 0 Å². The standard InChI is InChI=1S/C26H27N3O5S/c1-35(32,33)22-8-3-6-18(16-22)17-5-2-7-19(15-17)25(31)29-20-10-12-21(13-11-20)34-26-23(24(27)30)9-4-14-28-26/h2-9,14-16,20-21H,10-13H2,1H3,(H2,27,30)(H,29,31)/t20-,21-.